The van der Waals surface area contributed by atoms with Crippen molar-refractivity contribution in [3.05, 3.63) is 34.6 Å². The highest BCUT2D eigenvalue weighted by Crippen LogP contribution is 2.26. The fraction of sp³-hybridized carbons (Fsp3) is 0.533. The molecule has 0 heterocycles. The van der Waals surface area contributed by atoms with Crippen LogP contribution >= 0.6 is 11.6 Å². The van der Waals surface area contributed by atoms with Crippen LogP contribution in [0.25, 0.3) is 0 Å². The second-order valence-corrected chi connectivity index (χ2v) is 8.38. The first-order valence-corrected chi connectivity index (χ1v) is 9.24. The van der Waals surface area contributed by atoms with Gasteiger partial charge in [0.25, 0.3) is 10.1 Å². The summed E-state index contributed by atoms with van der Waals surface area (Å²) in [6.45, 7) is 4.69. The number of nitrogens with zero attached hydrogens (tertiary/aromatic N) is 1. The summed E-state index contributed by atoms with van der Waals surface area (Å²) >= 11 is 5.84. The highest BCUT2D eigenvalue weighted by atomic mass is 35.5. The number of carbonyl (C=O) groups is 1. The van der Waals surface area contributed by atoms with Gasteiger partial charge in [0.2, 0.25) is 0 Å². The van der Waals surface area contributed by atoms with Gasteiger partial charge in [0.15, 0.2) is 0 Å². The highest BCUT2D eigenvalue weighted by molar-refractivity contribution is 7.85. The maximum Gasteiger partial charge on any atom is 0.410 e. The standard InChI is InChI=1S/C15H21ClFNO5S/c1-15(2,3)23-14(19)18(4)13(9-22-24(5,20)21)10-6-11(16)8-12(17)7-10/h6-8,13H,9H2,1-5H3/t13-/m1/s1. The first kappa shape index (κ1) is 20.7. The summed E-state index contributed by atoms with van der Waals surface area (Å²) in [7, 11) is -2.34. The minimum atomic E-state index is -3.75. The molecule has 0 bridgehead atoms. The highest BCUT2D eigenvalue weighted by Gasteiger charge is 2.28. The van der Waals surface area contributed by atoms with Crippen LogP contribution in [0.3, 0.4) is 0 Å². The van der Waals surface area contributed by atoms with Gasteiger partial charge in [-0.05, 0) is 44.5 Å². The van der Waals surface area contributed by atoms with Gasteiger partial charge < -0.3 is 9.64 Å². The molecule has 0 aliphatic rings. The largest absolute Gasteiger partial charge is 0.444 e. The minimum Gasteiger partial charge on any atom is -0.444 e. The molecular formula is C15H21ClFNO5S. The van der Waals surface area contributed by atoms with Gasteiger partial charge in [-0.2, -0.15) is 8.42 Å². The number of carbonyl (C=O) groups excluding carboxylic acids is 1. The lowest BCUT2D eigenvalue weighted by Gasteiger charge is -2.30. The SMILES string of the molecule is CN(C(=O)OC(C)(C)C)[C@H](COS(C)(=O)=O)c1cc(F)cc(Cl)c1. The van der Waals surface area contributed by atoms with E-state index in [0.717, 1.165) is 23.3 Å². The van der Waals surface area contributed by atoms with Crippen molar-refractivity contribution in [1.82, 2.24) is 4.90 Å². The Bertz CT molecular complexity index is 682. The Morgan fingerprint density at radius 1 is 1.33 bits per heavy atom. The molecule has 9 heteroatoms. The second-order valence-electron chi connectivity index (χ2n) is 6.30. The third-order valence-corrected chi connectivity index (χ3v) is 3.64. The van der Waals surface area contributed by atoms with Crippen LogP contribution in [-0.4, -0.2) is 44.9 Å². The van der Waals surface area contributed by atoms with Gasteiger partial charge in [-0.15, -0.1) is 0 Å². The summed E-state index contributed by atoms with van der Waals surface area (Å²) in [5, 5.41) is 0.118. The van der Waals surface area contributed by atoms with Crippen molar-refractivity contribution in [3.63, 3.8) is 0 Å². The molecule has 1 aromatic rings. The van der Waals surface area contributed by atoms with Crippen molar-refractivity contribution in [2.75, 3.05) is 19.9 Å². The summed E-state index contributed by atoms with van der Waals surface area (Å²) in [5.74, 6) is -0.612. The smallest absolute Gasteiger partial charge is 0.410 e. The molecule has 24 heavy (non-hydrogen) atoms. The van der Waals surface area contributed by atoms with E-state index in [-0.39, 0.29) is 10.6 Å². The third kappa shape index (κ3) is 7.02. The van der Waals surface area contributed by atoms with Crippen molar-refractivity contribution in [2.24, 2.45) is 0 Å². The quantitative estimate of drug-likeness (QED) is 0.731. The van der Waals surface area contributed by atoms with Gasteiger partial charge in [0.05, 0.1) is 18.9 Å². The van der Waals surface area contributed by atoms with Crippen LogP contribution in [0.2, 0.25) is 5.02 Å². The Kier molecular flexibility index (Phi) is 6.60. The van der Waals surface area contributed by atoms with Crippen LogP contribution in [0.5, 0.6) is 0 Å². The van der Waals surface area contributed by atoms with E-state index >= 15 is 0 Å². The van der Waals surface area contributed by atoms with E-state index in [4.69, 9.17) is 20.5 Å². The van der Waals surface area contributed by atoms with Gasteiger partial charge in [0.1, 0.15) is 11.4 Å². The number of hydrogen-bond acceptors (Lipinski definition) is 5. The van der Waals surface area contributed by atoms with Crippen LogP contribution in [0, 0.1) is 5.82 Å². The summed E-state index contributed by atoms with van der Waals surface area (Å²) < 4.78 is 46.2. The first-order chi connectivity index (χ1) is 10.8. The Morgan fingerprint density at radius 2 is 1.92 bits per heavy atom. The predicted octanol–water partition coefficient (Wildman–Crippen LogP) is 3.36. The van der Waals surface area contributed by atoms with E-state index in [9.17, 15) is 17.6 Å². The van der Waals surface area contributed by atoms with E-state index in [0.29, 0.717) is 0 Å². The Labute approximate surface area is 146 Å². The van der Waals surface area contributed by atoms with Gasteiger partial charge in [-0.25, -0.2) is 9.18 Å². The zero-order valence-electron chi connectivity index (χ0n) is 14.2. The lowest BCUT2D eigenvalue weighted by atomic mass is 10.1. The average molecular weight is 382 g/mol. The summed E-state index contributed by atoms with van der Waals surface area (Å²) in [6, 6.07) is 2.79. The molecular weight excluding hydrogens is 361 g/mol. The molecule has 0 aromatic heterocycles. The van der Waals surface area contributed by atoms with Crippen molar-refractivity contribution in [2.45, 2.75) is 32.4 Å². The Morgan fingerprint density at radius 3 is 2.38 bits per heavy atom. The molecule has 6 nitrogen and oxygen atoms in total. The molecule has 0 saturated heterocycles. The summed E-state index contributed by atoms with van der Waals surface area (Å²) in [4.78, 5) is 13.4. The van der Waals surface area contributed by atoms with Crippen LogP contribution < -0.4 is 0 Å². The van der Waals surface area contributed by atoms with E-state index in [1.54, 1.807) is 20.8 Å². The number of likely N-dealkylation sites (N-methyl/N-ethyl adjacent to an activating group) is 1. The predicted molar refractivity (Wildman–Crippen MR) is 88.9 cm³/mol. The van der Waals surface area contributed by atoms with Crippen molar-refractivity contribution in [3.8, 4) is 0 Å². The topological polar surface area (TPSA) is 72.9 Å². The molecule has 1 rings (SSSR count). The number of ether oxygens (including phenoxy) is 1. The average Bonchev–Trinajstić information content (AvgIpc) is 2.34. The van der Waals surface area contributed by atoms with Crippen LogP contribution in [0.4, 0.5) is 9.18 Å². The Hall–Kier alpha value is -1.38. The maximum atomic E-state index is 13.6. The molecule has 0 spiro atoms. The number of benzene rings is 1. The zero-order valence-corrected chi connectivity index (χ0v) is 15.7. The van der Waals surface area contributed by atoms with Gasteiger partial charge in [-0.3, -0.25) is 4.18 Å². The number of hydrogen-bond donors (Lipinski definition) is 0. The fourth-order valence-electron chi connectivity index (χ4n) is 1.85. The number of rotatable bonds is 5. The lowest BCUT2D eigenvalue weighted by molar-refractivity contribution is 0.0174. The van der Waals surface area contributed by atoms with Crippen molar-refractivity contribution >= 4 is 27.8 Å². The molecule has 1 aromatic carbocycles. The van der Waals surface area contributed by atoms with Crippen LogP contribution in [0.15, 0.2) is 18.2 Å². The molecule has 0 fully saturated rings. The molecule has 0 aliphatic carbocycles. The number of halogens is 2. The summed E-state index contributed by atoms with van der Waals surface area (Å²) in [6.07, 6.45) is 0.181. The minimum absolute atomic E-state index is 0.118. The molecule has 0 unspecified atom stereocenters. The fourth-order valence-corrected chi connectivity index (χ4v) is 2.45. The van der Waals surface area contributed by atoms with E-state index < -0.39 is 40.3 Å². The van der Waals surface area contributed by atoms with Gasteiger partial charge in [-0.1, -0.05) is 11.6 Å². The molecule has 1 atom stereocenters. The van der Waals surface area contributed by atoms with Crippen LogP contribution in [0.1, 0.15) is 32.4 Å². The monoisotopic (exact) mass is 381 g/mol. The van der Waals surface area contributed by atoms with Crippen molar-refractivity contribution < 1.29 is 26.5 Å². The first-order valence-electron chi connectivity index (χ1n) is 7.05. The normalized spacial score (nSPS) is 13.5. The molecule has 0 radical (unpaired) electrons. The van der Waals surface area contributed by atoms with E-state index in [1.807, 2.05) is 0 Å². The van der Waals surface area contributed by atoms with Crippen molar-refractivity contribution in [1.29, 1.82) is 0 Å². The van der Waals surface area contributed by atoms with Gasteiger partial charge >= 0.3 is 6.09 Å². The third-order valence-electron chi connectivity index (χ3n) is 2.86. The van der Waals surface area contributed by atoms with Gasteiger partial charge in [0, 0.05) is 12.1 Å². The molecule has 0 aliphatic heterocycles. The number of amides is 1. The Balaban J connectivity index is 3.15. The second kappa shape index (κ2) is 7.67. The molecule has 0 N–H and O–H groups in total. The lowest BCUT2D eigenvalue weighted by Crippen LogP contribution is -2.38. The molecule has 1 amide bonds. The maximum absolute atomic E-state index is 13.6. The van der Waals surface area contributed by atoms with E-state index in [2.05, 4.69) is 0 Å². The van der Waals surface area contributed by atoms with E-state index in [1.165, 1.54) is 13.1 Å². The molecule has 136 valence electrons. The zero-order chi connectivity index (χ0) is 18.7. The summed E-state index contributed by atoms with van der Waals surface area (Å²) in [5.41, 5.74) is -0.454. The van der Waals surface area contributed by atoms with Crippen LogP contribution in [-0.2, 0) is 19.0 Å². The molecule has 0 saturated carbocycles.